The number of carbonyl (C=O) groups excluding carboxylic acids is 3. The Morgan fingerprint density at radius 1 is 1.11 bits per heavy atom. The van der Waals surface area contributed by atoms with Gasteiger partial charge in [0.1, 0.15) is 6.04 Å². The van der Waals surface area contributed by atoms with Gasteiger partial charge in [0.25, 0.3) is 0 Å². The van der Waals surface area contributed by atoms with Crippen LogP contribution in [0.3, 0.4) is 0 Å². The van der Waals surface area contributed by atoms with E-state index in [1.807, 2.05) is 30.3 Å². The zero-order valence-corrected chi connectivity index (χ0v) is 16.2. The van der Waals surface area contributed by atoms with Crippen molar-refractivity contribution in [2.45, 2.75) is 52.0 Å². The lowest BCUT2D eigenvalue weighted by Crippen LogP contribution is -2.53. The van der Waals surface area contributed by atoms with Crippen LogP contribution in [-0.2, 0) is 20.7 Å². The molecule has 0 bridgehead atoms. The molecule has 1 unspecified atom stereocenters. The SMILES string of the molecule is CCCCCCOC(=O)N[C@@H](C(=O)NCCc1ccccc1)C(C)C(N)=O. The fourth-order valence-electron chi connectivity index (χ4n) is 2.53. The number of amides is 3. The number of carbonyl (C=O) groups is 3. The van der Waals surface area contributed by atoms with Crippen LogP contribution in [0.25, 0.3) is 0 Å². The topological polar surface area (TPSA) is 111 Å². The molecule has 0 fully saturated rings. The Balaban J connectivity index is 2.50. The molecule has 7 heteroatoms. The third-order valence-electron chi connectivity index (χ3n) is 4.29. The molecule has 0 spiro atoms. The van der Waals surface area contributed by atoms with Gasteiger partial charge in [0.05, 0.1) is 12.5 Å². The van der Waals surface area contributed by atoms with Crippen molar-refractivity contribution in [3.63, 3.8) is 0 Å². The number of ether oxygens (including phenoxy) is 1. The molecular weight excluding hydrogens is 346 g/mol. The van der Waals surface area contributed by atoms with Crippen molar-refractivity contribution < 1.29 is 19.1 Å². The minimum atomic E-state index is -1.07. The van der Waals surface area contributed by atoms with Crippen molar-refractivity contribution in [2.24, 2.45) is 11.7 Å². The molecule has 0 aliphatic rings. The van der Waals surface area contributed by atoms with Gasteiger partial charge in [-0.1, -0.05) is 63.4 Å². The lowest BCUT2D eigenvalue weighted by atomic mass is 10.0. The van der Waals surface area contributed by atoms with Gasteiger partial charge in [-0.3, -0.25) is 9.59 Å². The molecule has 1 aromatic rings. The zero-order valence-electron chi connectivity index (χ0n) is 16.2. The molecule has 0 heterocycles. The molecule has 0 saturated heterocycles. The lowest BCUT2D eigenvalue weighted by Gasteiger charge is -2.22. The van der Waals surface area contributed by atoms with E-state index >= 15 is 0 Å². The first-order chi connectivity index (χ1) is 13.0. The third-order valence-corrected chi connectivity index (χ3v) is 4.29. The summed E-state index contributed by atoms with van der Waals surface area (Å²) in [7, 11) is 0. The minimum absolute atomic E-state index is 0.277. The van der Waals surface area contributed by atoms with Gasteiger partial charge in [-0.2, -0.15) is 0 Å². The number of hydrogen-bond donors (Lipinski definition) is 3. The number of alkyl carbamates (subject to hydrolysis) is 1. The lowest BCUT2D eigenvalue weighted by molar-refractivity contribution is -0.130. The van der Waals surface area contributed by atoms with Crippen LogP contribution < -0.4 is 16.4 Å². The summed E-state index contributed by atoms with van der Waals surface area (Å²) in [5.74, 6) is -1.98. The first-order valence-electron chi connectivity index (χ1n) is 9.50. The highest BCUT2D eigenvalue weighted by Gasteiger charge is 2.30. The summed E-state index contributed by atoms with van der Waals surface area (Å²) in [6, 6.07) is 8.62. The van der Waals surface area contributed by atoms with Crippen LogP contribution in [0.5, 0.6) is 0 Å². The molecule has 7 nitrogen and oxygen atoms in total. The quantitative estimate of drug-likeness (QED) is 0.485. The van der Waals surface area contributed by atoms with E-state index in [0.717, 1.165) is 31.2 Å². The van der Waals surface area contributed by atoms with Crippen molar-refractivity contribution in [1.82, 2.24) is 10.6 Å². The number of benzene rings is 1. The molecule has 0 aromatic heterocycles. The van der Waals surface area contributed by atoms with Crippen LogP contribution in [0.4, 0.5) is 4.79 Å². The summed E-state index contributed by atoms with van der Waals surface area (Å²) in [5, 5.41) is 5.20. The molecule has 0 aliphatic carbocycles. The summed E-state index contributed by atoms with van der Waals surface area (Å²) in [6.07, 6.45) is 3.84. The maximum atomic E-state index is 12.4. The van der Waals surface area contributed by atoms with Crippen LogP contribution in [-0.4, -0.2) is 37.1 Å². The van der Waals surface area contributed by atoms with Gasteiger partial charge in [0.2, 0.25) is 11.8 Å². The van der Waals surface area contributed by atoms with E-state index in [0.29, 0.717) is 13.0 Å². The number of nitrogens with two attached hydrogens (primary N) is 1. The maximum Gasteiger partial charge on any atom is 0.407 e. The average Bonchev–Trinajstić information content (AvgIpc) is 2.66. The molecule has 0 aliphatic heterocycles. The van der Waals surface area contributed by atoms with Crippen molar-refractivity contribution >= 4 is 17.9 Å². The monoisotopic (exact) mass is 377 g/mol. The average molecular weight is 377 g/mol. The molecule has 1 rings (SSSR count). The van der Waals surface area contributed by atoms with Crippen LogP contribution in [0.15, 0.2) is 30.3 Å². The van der Waals surface area contributed by atoms with Gasteiger partial charge in [0.15, 0.2) is 0 Å². The van der Waals surface area contributed by atoms with Gasteiger partial charge in [-0.25, -0.2) is 4.79 Å². The molecule has 1 aromatic carbocycles. The highest BCUT2D eigenvalue weighted by Crippen LogP contribution is 2.05. The van der Waals surface area contributed by atoms with Crippen LogP contribution in [0.1, 0.15) is 45.1 Å². The van der Waals surface area contributed by atoms with E-state index in [1.54, 1.807) is 0 Å². The van der Waals surface area contributed by atoms with E-state index in [9.17, 15) is 14.4 Å². The molecule has 0 saturated carbocycles. The zero-order chi connectivity index (χ0) is 20.1. The van der Waals surface area contributed by atoms with E-state index in [1.165, 1.54) is 6.92 Å². The van der Waals surface area contributed by atoms with E-state index in [-0.39, 0.29) is 6.61 Å². The Bertz CT molecular complexity index is 592. The largest absolute Gasteiger partial charge is 0.450 e. The first-order valence-corrected chi connectivity index (χ1v) is 9.50. The Hall–Kier alpha value is -2.57. The Kier molecular flexibility index (Phi) is 10.6. The van der Waals surface area contributed by atoms with Crippen LogP contribution in [0.2, 0.25) is 0 Å². The number of nitrogens with one attached hydrogen (secondary N) is 2. The highest BCUT2D eigenvalue weighted by molar-refractivity contribution is 5.91. The summed E-state index contributed by atoms with van der Waals surface area (Å²) in [6.45, 7) is 4.27. The van der Waals surface area contributed by atoms with E-state index in [4.69, 9.17) is 10.5 Å². The van der Waals surface area contributed by atoms with Crippen molar-refractivity contribution in [3.05, 3.63) is 35.9 Å². The Labute approximate surface area is 161 Å². The number of rotatable bonds is 12. The number of hydrogen-bond acceptors (Lipinski definition) is 4. The summed E-state index contributed by atoms with van der Waals surface area (Å²) in [5.41, 5.74) is 6.39. The van der Waals surface area contributed by atoms with Crippen LogP contribution >= 0.6 is 0 Å². The molecule has 27 heavy (non-hydrogen) atoms. The molecular formula is C20H31N3O4. The van der Waals surface area contributed by atoms with Crippen LogP contribution in [0, 0.1) is 5.92 Å². The van der Waals surface area contributed by atoms with Gasteiger partial charge in [-0.15, -0.1) is 0 Å². The van der Waals surface area contributed by atoms with Crippen molar-refractivity contribution in [3.8, 4) is 0 Å². The molecule has 2 atom stereocenters. The van der Waals surface area contributed by atoms with Crippen molar-refractivity contribution in [1.29, 1.82) is 0 Å². The summed E-state index contributed by atoms with van der Waals surface area (Å²) < 4.78 is 5.09. The fourth-order valence-corrected chi connectivity index (χ4v) is 2.53. The van der Waals surface area contributed by atoms with E-state index in [2.05, 4.69) is 17.6 Å². The summed E-state index contributed by atoms with van der Waals surface area (Å²) >= 11 is 0. The number of primary amides is 1. The molecule has 4 N–H and O–H groups in total. The normalized spacial score (nSPS) is 12.7. The second-order valence-electron chi connectivity index (χ2n) is 6.54. The number of unbranched alkanes of at least 4 members (excludes halogenated alkanes) is 3. The Morgan fingerprint density at radius 2 is 1.81 bits per heavy atom. The van der Waals surface area contributed by atoms with Gasteiger partial charge in [-0.05, 0) is 18.4 Å². The minimum Gasteiger partial charge on any atom is -0.450 e. The highest BCUT2D eigenvalue weighted by atomic mass is 16.5. The molecule has 150 valence electrons. The molecule has 0 radical (unpaired) electrons. The first kappa shape index (κ1) is 22.5. The predicted octanol–water partition coefficient (Wildman–Crippen LogP) is 2.14. The van der Waals surface area contributed by atoms with Gasteiger partial charge in [0, 0.05) is 6.54 Å². The third kappa shape index (κ3) is 9.08. The Morgan fingerprint density at radius 3 is 2.44 bits per heavy atom. The van der Waals surface area contributed by atoms with Gasteiger partial charge >= 0.3 is 6.09 Å². The second kappa shape index (κ2) is 12.7. The molecule has 3 amide bonds. The summed E-state index contributed by atoms with van der Waals surface area (Å²) in [4.78, 5) is 35.9. The van der Waals surface area contributed by atoms with Crippen molar-refractivity contribution in [2.75, 3.05) is 13.2 Å². The smallest absolute Gasteiger partial charge is 0.407 e. The standard InChI is InChI=1S/C20H31N3O4/c1-3-4-5-9-14-27-20(26)23-17(15(2)18(21)24)19(25)22-13-12-16-10-7-6-8-11-16/h6-8,10-11,15,17H,3-5,9,12-14H2,1-2H3,(H2,21,24)(H,22,25)(H,23,26)/t15?,17-/m1/s1. The van der Waals surface area contributed by atoms with E-state index < -0.39 is 29.9 Å². The predicted molar refractivity (Wildman–Crippen MR) is 104 cm³/mol. The fraction of sp³-hybridized carbons (Fsp3) is 0.550. The maximum absolute atomic E-state index is 12.4. The second-order valence-corrected chi connectivity index (χ2v) is 6.54. The van der Waals surface area contributed by atoms with Gasteiger partial charge < -0.3 is 21.1 Å².